The van der Waals surface area contributed by atoms with Crippen LogP contribution in [0.4, 0.5) is 0 Å². The summed E-state index contributed by atoms with van der Waals surface area (Å²) in [6, 6.07) is 9.05. The summed E-state index contributed by atoms with van der Waals surface area (Å²) in [7, 11) is 0. The van der Waals surface area contributed by atoms with Crippen molar-refractivity contribution in [3.05, 3.63) is 59.0 Å². The minimum Gasteiger partial charge on any atom is -0.467 e. The molecule has 0 radical (unpaired) electrons. The predicted octanol–water partition coefficient (Wildman–Crippen LogP) is 1.90. The third kappa shape index (κ3) is 4.58. The first-order valence-corrected chi connectivity index (χ1v) is 7.41. The summed E-state index contributed by atoms with van der Waals surface area (Å²) in [6.45, 7) is 1.53. The van der Waals surface area contributed by atoms with Gasteiger partial charge in [0.15, 0.2) is 0 Å². The van der Waals surface area contributed by atoms with Crippen molar-refractivity contribution in [3.8, 4) is 0 Å². The van der Waals surface area contributed by atoms with E-state index in [1.54, 1.807) is 43.3 Å². The average molecular weight is 337 g/mol. The van der Waals surface area contributed by atoms with Crippen LogP contribution in [0.1, 0.15) is 29.1 Å². The molecular weight excluding hydrogens is 320 g/mol. The lowest BCUT2D eigenvalue weighted by Gasteiger charge is -2.16. The molecule has 1 aromatic carbocycles. The van der Waals surface area contributed by atoms with E-state index in [1.807, 2.05) is 0 Å². The summed E-state index contributed by atoms with van der Waals surface area (Å²) in [6.07, 6.45) is 0.493. The molecule has 2 atom stereocenters. The van der Waals surface area contributed by atoms with E-state index in [1.165, 1.54) is 6.26 Å². The van der Waals surface area contributed by atoms with Crippen LogP contribution in [0.3, 0.4) is 0 Å². The molecule has 0 spiro atoms. The molecule has 23 heavy (non-hydrogen) atoms. The third-order valence-electron chi connectivity index (χ3n) is 3.20. The highest BCUT2D eigenvalue weighted by atomic mass is 35.5. The lowest BCUT2D eigenvalue weighted by molar-refractivity contribution is -0.123. The molecule has 0 fully saturated rings. The quantitative estimate of drug-likeness (QED) is 0.751. The van der Waals surface area contributed by atoms with Crippen LogP contribution < -0.4 is 10.6 Å². The summed E-state index contributed by atoms with van der Waals surface area (Å²) >= 11 is 5.94. The number of hydrogen-bond donors (Lipinski definition) is 3. The monoisotopic (exact) mass is 336 g/mol. The molecule has 1 aromatic heterocycles. The Morgan fingerprint density at radius 2 is 2.00 bits per heavy atom. The van der Waals surface area contributed by atoms with E-state index >= 15 is 0 Å². The number of rotatable bonds is 6. The molecule has 0 aliphatic rings. The fourth-order valence-electron chi connectivity index (χ4n) is 1.92. The van der Waals surface area contributed by atoms with Crippen molar-refractivity contribution in [1.82, 2.24) is 10.6 Å². The van der Waals surface area contributed by atoms with Crippen molar-refractivity contribution in [2.45, 2.75) is 19.1 Å². The fraction of sp³-hybridized carbons (Fsp3) is 0.250. The molecule has 1 heterocycles. The van der Waals surface area contributed by atoms with E-state index in [0.717, 1.165) is 0 Å². The van der Waals surface area contributed by atoms with E-state index in [4.69, 9.17) is 16.0 Å². The Balaban J connectivity index is 1.85. The van der Waals surface area contributed by atoms with Crippen LogP contribution in [0, 0.1) is 0 Å². The number of halogens is 1. The van der Waals surface area contributed by atoms with Crippen LogP contribution >= 0.6 is 11.6 Å². The number of carbonyl (C=O) groups excluding carboxylic acids is 2. The smallest absolute Gasteiger partial charge is 0.253 e. The number of carbonyl (C=O) groups is 2. The van der Waals surface area contributed by atoms with Crippen LogP contribution in [0.2, 0.25) is 5.02 Å². The largest absolute Gasteiger partial charge is 0.467 e. The summed E-state index contributed by atoms with van der Waals surface area (Å²) < 4.78 is 5.04. The first-order valence-electron chi connectivity index (χ1n) is 7.03. The van der Waals surface area contributed by atoms with Gasteiger partial charge in [-0.05, 0) is 31.2 Å². The van der Waals surface area contributed by atoms with Gasteiger partial charge in [-0.1, -0.05) is 23.7 Å². The molecule has 2 aromatic rings. The fourth-order valence-corrected chi connectivity index (χ4v) is 2.14. The van der Waals surface area contributed by atoms with Crippen molar-refractivity contribution in [1.29, 1.82) is 0 Å². The first kappa shape index (κ1) is 17.1. The van der Waals surface area contributed by atoms with Gasteiger partial charge in [-0.15, -0.1) is 0 Å². The zero-order valence-electron chi connectivity index (χ0n) is 12.5. The molecule has 0 aliphatic carbocycles. The first-order chi connectivity index (χ1) is 11.0. The molecule has 122 valence electrons. The maximum Gasteiger partial charge on any atom is 0.253 e. The zero-order chi connectivity index (χ0) is 16.8. The Bertz CT molecular complexity index is 672. The Hall–Kier alpha value is -2.31. The highest BCUT2D eigenvalue weighted by Crippen LogP contribution is 2.15. The van der Waals surface area contributed by atoms with E-state index in [0.29, 0.717) is 16.3 Å². The zero-order valence-corrected chi connectivity index (χ0v) is 13.2. The molecule has 6 nitrogen and oxygen atoms in total. The molecule has 0 saturated heterocycles. The molecule has 3 N–H and O–H groups in total. The topological polar surface area (TPSA) is 91.6 Å². The molecule has 2 rings (SSSR count). The Labute approximate surface area is 138 Å². The van der Waals surface area contributed by atoms with Gasteiger partial charge in [0, 0.05) is 0 Å². The van der Waals surface area contributed by atoms with E-state index < -0.39 is 24.0 Å². The highest BCUT2D eigenvalue weighted by Gasteiger charge is 2.19. The summed E-state index contributed by atoms with van der Waals surface area (Å²) in [5, 5.41) is 15.2. The van der Waals surface area contributed by atoms with Gasteiger partial charge >= 0.3 is 0 Å². The minimum atomic E-state index is -0.944. The Morgan fingerprint density at radius 3 is 2.65 bits per heavy atom. The molecule has 2 unspecified atom stereocenters. The predicted molar refractivity (Wildman–Crippen MR) is 85.1 cm³/mol. The number of amides is 2. The third-order valence-corrected chi connectivity index (χ3v) is 3.53. The molecule has 7 heteroatoms. The van der Waals surface area contributed by atoms with Crippen LogP contribution in [0.5, 0.6) is 0 Å². The van der Waals surface area contributed by atoms with Gasteiger partial charge in [0.2, 0.25) is 5.91 Å². The van der Waals surface area contributed by atoms with E-state index in [2.05, 4.69) is 10.6 Å². The SMILES string of the molecule is CC(NC(=O)c1ccccc1Cl)C(=O)NCC(O)c1ccco1. The Morgan fingerprint density at radius 1 is 1.26 bits per heavy atom. The van der Waals surface area contributed by atoms with Crippen LogP contribution in [0.15, 0.2) is 47.1 Å². The van der Waals surface area contributed by atoms with Crippen LogP contribution in [-0.4, -0.2) is 29.5 Å². The van der Waals surface area contributed by atoms with E-state index in [9.17, 15) is 14.7 Å². The molecule has 2 amide bonds. The van der Waals surface area contributed by atoms with Gasteiger partial charge in [-0.25, -0.2) is 0 Å². The number of hydrogen-bond acceptors (Lipinski definition) is 4. The van der Waals surface area contributed by atoms with Gasteiger partial charge in [0.05, 0.1) is 23.4 Å². The van der Waals surface area contributed by atoms with Crippen molar-refractivity contribution in [2.24, 2.45) is 0 Å². The highest BCUT2D eigenvalue weighted by molar-refractivity contribution is 6.33. The average Bonchev–Trinajstić information content (AvgIpc) is 3.07. The minimum absolute atomic E-state index is 0.0152. The molecule has 0 aliphatic heterocycles. The summed E-state index contributed by atoms with van der Waals surface area (Å²) in [5.74, 6) is -0.501. The standard InChI is InChI=1S/C16H17ClN2O4/c1-10(19-16(22)11-5-2-3-6-12(11)17)15(21)18-9-13(20)14-7-4-8-23-14/h2-8,10,13,20H,9H2,1H3,(H,18,21)(H,19,22). The van der Waals surface area contributed by atoms with Crippen LogP contribution in [-0.2, 0) is 4.79 Å². The number of nitrogens with one attached hydrogen (secondary N) is 2. The molecule has 0 bridgehead atoms. The van der Waals surface area contributed by atoms with Gasteiger partial charge in [-0.2, -0.15) is 0 Å². The lowest BCUT2D eigenvalue weighted by atomic mass is 10.2. The van der Waals surface area contributed by atoms with Crippen molar-refractivity contribution in [2.75, 3.05) is 6.54 Å². The second kappa shape index (κ2) is 7.80. The molecule has 0 saturated carbocycles. The number of aliphatic hydroxyl groups is 1. The van der Waals surface area contributed by atoms with Gasteiger partial charge in [0.25, 0.3) is 5.91 Å². The number of benzene rings is 1. The van der Waals surface area contributed by atoms with Gasteiger partial charge in [0.1, 0.15) is 17.9 Å². The second-order valence-electron chi connectivity index (χ2n) is 4.95. The maximum absolute atomic E-state index is 12.1. The number of aliphatic hydroxyl groups excluding tert-OH is 1. The van der Waals surface area contributed by atoms with Gasteiger partial charge in [-0.3, -0.25) is 9.59 Å². The van der Waals surface area contributed by atoms with Crippen LogP contribution in [0.25, 0.3) is 0 Å². The summed E-state index contributed by atoms with van der Waals surface area (Å²) in [4.78, 5) is 24.0. The maximum atomic E-state index is 12.1. The van der Waals surface area contributed by atoms with E-state index in [-0.39, 0.29) is 6.54 Å². The van der Waals surface area contributed by atoms with Crippen molar-refractivity contribution < 1.29 is 19.1 Å². The number of furan rings is 1. The summed E-state index contributed by atoms with van der Waals surface area (Å²) in [5.41, 5.74) is 0.296. The van der Waals surface area contributed by atoms with Crippen molar-refractivity contribution >= 4 is 23.4 Å². The molecular formula is C16H17ClN2O4. The van der Waals surface area contributed by atoms with Gasteiger partial charge < -0.3 is 20.2 Å². The normalized spacial score (nSPS) is 13.2. The van der Waals surface area contributed by atoms with Crippen molar-refractivity contribution in [3.63, 3.8) is 0 Å². The lowest BCUT2D eigenvalue weighted by Crippen LogP contribution is -2.45. The second-order valence-corrected chi connectivity index (χ2v) is 5.36. The Kier molecular flexibility index (Phi) is 5.78.